The van der Waals surface area contributed by atoms with Crippen molar-refractivity contribution in [3.8, 4) is 11.3 Å². The third-order valence-electron chi connectivity index (χ3n) is 4.34. The second-order valence-corrected chi connectivity index (χ2v) is 9.59. The minimum Gasteiger partial charge on any atom is -0.256 e. The molecule has 0 fully saturated rings. The van der Waals surface area contributed by atoms with Crippen LogP contribution in [-0.4, -0.2) is 4.98 Å². The second kappa shape index (κ2) is 7.53. The van der Waals surface area contributed by atoms with Gasteiger partial charge in [0.05, 0.1) is 5.69 Å². The summed E-state index contributed by atoms with van der Waals surface area (Å²) in [6, 6.07) is 31.7. The number of halogens is 1. The van der Waals surface area contributed by atoms with Crippen LogP contribution in [0.15, 0.2) is 122 Å². The molecule has 1 heterocycles. The minimum atomic E-state index is -2.39. The Hall–Kier alpha value is -2.65. The van der Waals surface area contributed by atoms with Crippen molar-refractivity contribution in [1.29, 1.82) is 4.61 Å². The summed E-state index contributed by atoms with van der Waals surface area (Å²) in [6.45, 7) is 0. The highest BCUT2D eigenvalue weighted by Crippen LogP contribution is 2.57. The lowest BCUT2D eigenvalue weighted by molar-refractivity contribution is 1.27. The summed E-state index contributed by atoms with van der Waals surface area (Å²) < 4.78 is 13.0. The van der Waals surface area contributed by atoms with Gasteiger partial charge in [-0.15, -0.1) is 0 Å². The third kappa shape index (κ3) is 3.47. The van der Waals surface area contributed by atoms with Crippen molar-refractivity contribution in [1.82, 2.24) is 4.98 Å². The topological polar surface area (TPSA) is 36.7 Å². The Morgan fingerprint density at radius 2 is 1.26 bits per heavy atom. The SMILES string of the molecule is N#S(c1ccccc1)(c1ccccc1)c1cc(Br)cc(-c2ccccn2)c1. The molecule has 3 aromatic carbocycles. The molecule has 4 heteroatoms. The van der Waals surface area contributed by atoms with Crippen LogP contribution in [0, 0.1) is 4.61 Å². The zero-order chi connectivity index (χ0) is 18.7. The van der Waals surface area contributed by atoms with Crippen molar-refractivity contribution in [3.05, 3.63) is 108 Å². The molecular weight excluding hydrogens is 416 g/mol. The first-order valence-corrected chi connectivity index (χ1v) is 10.9. The molecule has 4 rings (SSSR count). The lowest BCUT2D eigenvalue weighted by Crippen LogP contribution is -1.93. The molecule has 0 unspecified atom stereocenters. The molecule has 27 heavy (non-hydrogen) atoms. The molecule has 0 saturated carbocycles. The zero-order valence-electron chi connectivity index (χ0n) is 14.5. The Kier molecular flexibility index (Phi) is 4.95. The van der Waals surface area contributed by atoms with Gasteiger partial charge in [0.1, 0.15) is 0 Å². The lowest BCUT2D eigenvalue weighted by Gasteiger charge is -2.22. The molecule has 0 bridgehead atoms. The molecule has 132 valence electrons. The largest absolute Gasteiger partial charge is 0.256 e. The van der Waals surface area contributed by atoms with Gasteiger partial charge in [-0.2, -0.15) is 0 Å². The summed E-state index contributed by atoms with van der Waals surface area (Å²) in [6.07, 6.45) is 1.78. The molecule has 0 amide bonds. The maximum atomic E-state index is 12.1. The standard InChI is InChI=1S/C23H17BrN2S/c24-19-15-18(23-13-7-8-14-26-23)16-22(17-19)27(25,20-9-3-1-4-10-20)21-11-5-2-6-12-21/h1-17H. The predicted molar refractivity (Wildman–Crippen MR) is 114 cm³/mol. The summed E-state index contributed by atoms with van der Waals surface area (Å²) in [7, 11) is -2.39. The summed E-state index contributed by atoms with van der Waals surface area (Å²) in [4.78, 5) is 7.14. The van der Waals surface area contributed by atoms with Crippen molar-refractivity contribution < 1.29 is 0 Å². The van der Waals surface area contributed by atoms with E-state index in [1.807, 2.05) is 97.1 Å². The van der Waals surface area contributed by atoms with Crippen molar-refractivity contribution in [2.45, 2.75) is 14.7 Å². The number of hydrogen-bond acceptors (Lipinski definition) is 2. The molecule has 0 N–H and O–H groups in total. The van der Waals surface area contributed by atoms with Gasteiger partial charge in [0.2, 0.25) is 0 Å². The van der Waals surface area contributed by atoms with Gasteiger partial charge in [-0.1, -0.05) is 58.4 Å². The van der Waals surface area contributed by atoms with E-state index < -0.39 is 9.66 Å². The average molecular weight is 433 g/mol. The first kappa shape index (κ1) is 17.7. The molecule has 0 aliphatic heterocycles. The molecule has 0 atom stereocenters. The molecule has 0 aliphatic rings. The molecule has 0 aliphatic carbocycles. The van der Waals surface area contributed by atoms with Gasteiger partial charge in [-0.25, -0.2) is 4.61 Å². The van der Waals surface area contributed by atoms with Crippen molar-refractivity contribution >= 4 is 25.6 Å². The van der Waals surface area contributed by atoms with E-state index in [2.05, 4.69) is 20.9 Å². The molecule has 0 saturated heterocycles. The summed E-state index contributed by atoms with van der Waals surface area (Å²) in [5.74, 6) is 0. The van der Waals surface area contributed by atoms with Gasteiger partial charge in [0, 0.05) is 40.6 Å². The highest BCUT2D eigenvalue weighted by atomic mass is 79.9. The number of pyridine rings is 1. The van der Waals surface area contributed by atoms with E-state index in [9.17, 15) is 4.61 Å². The van der Waals surface area contributed by atoms with Crippen molar-refractivity contribution in [2.75, 3.05) is 0 Å². The van der Waals surface area contributed by atoms with E-state index in [1.54, 1.807) is 6.20 Å². The van der Waals surface area contributed by atoms with Crippen molar-refractivity contribution in [2.24, 2.45) is 0 Å². The quantitative estimate of drug-likeness (QED) is 0.316. The van der Waals surface area contributed by atoms with Gasteiger partial charge in [-0.05, 0) is 54.6 Å². The van der Waals surface area contributed by atoms with Gasteiger partial charge in [-0.3, -0.25) is 4.98 Å². The zero-order valence-corrected chi connectivity index (χ0v) is 16.9. The van der Waals surface area contributed by atoms with Crippen LogP contribution in [0.5, 0.6) is 0 Å². The van der Waals surface area contributed by atoms with Gasteiger partial charge < -0.3 is 0 Å². The Bertz CT molecular complexity index is 1120. The minimum absolute atomic E-state index is 0.870. The third-order valence-corrected chi connectivity index (χ3v) is 7.63. The fraction of sp³-hybridized carbons (Fsp3) is 0. The van der Waals surface area contributed by atoms with Crippen LogP contribution in [0.25, 0.3) is 11.3 Å². The van der Waals surface area contributed by atoms with Crippen LogP contribution in [0.4, 0.5) is 0 Å². The molecule has 0 spiro atoms. The molecular formula is C23H17BrN2S. The van der Waals surface area contributed by atoms with Crippen LogP contribution >= 0.6 is 25.6 Å². The van der Waals surface area contributed by atoms with Gasteiger partial charge >= 0.3 is 0 Å². The highest BCUT2D eigenvalue weighted by molar-refractivity contribution is 9.10. The number of nitrogens with zero attached hydrogens (tertiary/aromatic N) is 2. The van der Waals surface area contributed by atoms with Crippen LogP contribution in [0.3, 0.4) is 0 Å². The number of hydrogen-bond donors (Lipinski definition) is 0. The van der Waals surface area contributed by atoms with Crippen molar-refractivity contribution in [3.63, 3.8) is 0 Å². The van der Waals surface area contributed by atoms with E-state index in [0.29, 0.717) is 0 Å². The molecule has 1 aromatic heterocycles. The molecule has 0 radical (unpaired) electrons. The Labute approximate surface area is 168 Å². The molecule has 4 aromatic rings. The van der Waals surface area contributed by atoms with E-state index in [0.717, 1.165) is 30.4 Å². The Balaban J connectivity index is 1.98. The summed E-state index contributed by atoms with van der Waals surface area (Å²) in [5, 5.41) is 0. The summed E-state index contributed by atoms with van der Waals surface area (Å²) >= 11 is 3.62. The number of aromatic nitrogens is 1. The average Bonchev–Trinajstić information content (AvgIpc) is 2.74. The predicted octanol–water partition coefficient (Wildman–Crippen LogP) is 7.27. The fourth-order valence-electron chi connectivity index (χ4n) is 3.06. The first-order valence-electron chi connectivity index (χ1n) is 8.56. The highest BCUT2D eigenvalue weighted by Gasteiger charge is 2.24. The van der Waals surface area contributed by atoms with E-state index >= 15 is 0 Å². The smallest absolute Gasteiger partial charge is 0.0702 e. The summed E-state index contributed by atoms with van der Waals surface area (Å²) in [5.41, 5.74) is 1.85. The van der Waals surface area contributed by atoms with Gasteiger partial charge in [0.25, 0.3) is 0 Å². The van der Waals surface area contributed by atoms with Crippen LogP contribution in [-0.2, 0) is 0 Å². The first-order chi connectivity index (χ1) is 13.2. The fourth-order valence-corrected chi connectivity index (χ4v) is 6.22. The number of benzene rings is 3. The van der Waals surface area contributed by atoms with Crippen LogP contribution < -0.4 is 0 Å². The monoisotopic (exact) mass is 432 g/mol. The lowest BCUT2D eigenvalue weighted by atomic mass is 10.1. The van der Waals surface area contributed by atoms with Crippen LogP contribution in [0.1, 0.15) is 0 Å². The van der Waals surface area contributed by atoms with E-state index in [-0.39, 0.29) is 0 Å². The van der Waals surface area contributed by atoms with Gasteiger partial charge in [0.15, 0.2) is 0 Å². The Morgan fingerprint density at radius 1 is 0.667 bits per heavy atom. The van der Waals surface area contributed by atoms with E-state index in [4.69, 9.17) is 0 Å². The maximum absolute atomic E-state index is 12.1. The Morgan fingerprint density at radius 3 is 1.81 bits per heavy atom. The second-order valence-electron chi connectivity index (χ2n) is 6.10. The number of rotatable bonds is 1. The molecule has 2 nitrogen and oxygen atoms in total. The normalized spacial score (nSPS) is 11.3. The van der Waals surface area contributed by atoms with Crippen LogP contribution in [0.2, 0.25) is 0 Å². The van der Waals surface area contributed by atoms with E-state index in [1.165, 1.54) is 0 Å². The maximum Gasteiger partial charge on any atom is 0.0702 e.